The molecule has 74 heavy (non-hydrogen) atoms. The summed E-state index contributed by atoms with van der Waals surface area (Å²) in [7, 11) is 0. The molecule has 12 atom stereocenters. The number of unbranched alkanes of at least 4 members (excludes halogenated alkanes) is 28. The zero-order valence-electron chi connectivity index (χ0n) is 46.3. The Labute approximate surface area is 448 Å². The van der Waals surface area contributed by atoms with E-state index < -0.39 is 86.8 Å². The number of hydrogen-bond acceptors (Lipinski definition) is 13. The summed E-state index contributed by atoms with van der Waals surface area (Å²) in [5.41, 5.74) is 0. The van der Waals surface area contributed by atoms with E-state index in [9.17, 15) is 45.6 Å². The molecule has 0 radical (unpaired) electrons. The monoisotopic (exact) mass is 1050 g/mol. The van der Waals surface area contributed by atoms with Gasteiger partial charge < -0.3 is 65.1 Å². The standard InChI is InChI=1S/C60H109NO13/c1-3-5-7-9-11-13-14-15-16-17-18-19-20-21-22-23-24-25-26-27-28-29-30-31-32-33-34-36-38-40-42-44-52(65)61-48(49(64)43-41-39-37-35-12-10-8-6-4-2)47-71-59-57(70)55(68)58(51(46-63)73-59)74-60-56(69)54(67)53(66)50(45-62)72-60/h12,14-15,17-18,35,41,43,48-51,53-60,62-64,66-70H,3-11,13,16,19-34,36-40,42,44-47H2,1-2H3,(H,61,65)/b15-14-,18-17-,35-12+,43-41+. The highest BCUT2D eigenvalue weighted by Gasteiger charge is 2.51. The highest BCUT2D eigenvalue weighted by Crippen LogP contribution is 2.30. The minimum atomic E-state index is -1.79. The molecule has 2 aliphatic rings. The Balaban J connectivity index is 1.62. The maximum Gasteiger partial charge on any atom is 0.220 e. The molecule has 2 heterocycles. The van der Waals surface area contributed by atoms with Gasteiger partial charge in [0.25, 0.3) is 0 Å². The fourth-order valence-electron chi connectivity index (χ4n) is 9.63. The van der Waals surface area contributed by atoms with Gasteiger partial charge in [0.05, 0.1) is 32.0 Å². The molecular formula is C60H109NO13. The summed E-state index contributed by atoms with van der Waals surface area (Å²) in [6.45, 7) is 2.71. The summed E-state index contributed by atoms with van der Waals surface area (Å²) in [5.74, 6) is -0.251. The Bertz CT molecular complexity index is 1430. The summed E-state index contributed by atoms with van der Waals surface area (Å²) in [5, 5.41) is 86.7. The van der Waals surface area contributed by atoms with Crippen LogP contribution in [0.25, 0.3) is 0 Å². The molecule has 0 aromatic rings. The van der Waals surface area contributed by atoms with Gasteiger partial charge in [0.15, 0.2) is 12.6 Å². The van der Waals surface area contributed by atoms with Crippen LogP contribution in [0.5, 0.6) is 0 Å². The molecular weight excluding hydrogens is 943 g/mol. The van der Waals surface area contributed by atoms with Crippen LogP contribution in [-0.2, 0) is 23.7 Å². The third-order valence-electron chi connectivity index (χ3n) is 14.5. The molecule has 0 aliphatic carbocycles. The minimum absolute atomic E-state index is 0.251. The molecule has 2 aliphatic heterocycles. The molecule has 9 N–H and O–H groups in total. The average Bonchev–Trinajstić information content (AvgIpc) is 3.40. The van der Waals surface area contributed by atoms with Gasteiger partial charge in [0.2, 0.25) is 5.91 Å². The summed E-state index contributed by atoms with van der Waals surface area (Å²) in [6, 6.07) is -0.928. The lowest BCUT2D eigenvalue weighted by Crippen LogP contribution is -2.65. The van der Waals surface area contributed by atoms with Crippen LogP contribution in [0.3, 0.4) is 0 Å². The SMILES string of the molecule is CCCCC/C=C/CC/C=C/C(O)C(COC1OC(CO)C(OC2OC(CO)C(O)C(O)C2O)C(O)C1O)NC(=O)CCCCCCCCCCCCCCCCCCCCC/C=C\C/C=C\CCCCCCC. The number of nitrogens with one attached hydrogen (secondary N) is 1. The first kappa shape index (κ1) is 68.1. The maximum atomic E-state index is 13.2. The minimum Gasteiger partial charge on any atom is -0.394 e. The number of carbonyl (C=O) groups excluding carboxylic acids is 1. The fourth-order valence-corrected chi connectivity index (χ4v) is 9.63. The van der Waals surface area contributed by atoms with Crippen molar-refractivity contribution in [1.29, 1.82) is 0 Å². The highest BCUT2D eigenvalue weighted by atomic mass is 16.7. The van der Waals surface area contributed by atoms with Crippen molar-refractivity contribution in [3.8, 4) is 0 Å². The molecule has 0 aromatic carbocycles. The van der Waals surface area contributed by atoms with Crippen molar-refractivity contribution in [3.05, 3.63) is 48.6 Å². The zero-order valence-corrected chi connectivity index (χ0v) is 46.3. The largest absolute Gasteiger partial charge is 0.394 e. The average molecular weight is 1050 g/mol. The molecule has 432 valence electrons. The molecule has 12 unspecified atom stereocenters. The van der Waals surface area contributed by atoms with Gasteiger partial charge in [-0.15, -0.1) is 0 Å². The van der Waals surface area contributed by atoms with Crippen molar-refractivity contribution in [2.75, 3.05) is 19.8 Å². The van der Waals surface area contributed by atoms with E-state index in [0.717, 1.165) is 44.9 Å². The van der Waals surface area contributed by atoms with Crippen LogP contribution in [0, 0.1) is 0 Å². The number of allylic oxidation sites excluding steroid dienone is 7. The second kappa shape index (κ2) is 45.9. The van der Waals surface area contributed by atoms with Crippen LogP contribution in [0.4, 0.5) is 0 Å². The van der Waals surface area contributed by atoms with Crippen molar-refractivity contribution in [3.63, 3.8) is 0 Å². The molecule has 1 amide bonds. The van der Waals surface area contributed by atoms with Gasteiger partial charge in [-0.1, -0.05) is 210 Å². The lowest BCUT2D eigenvalue weighted by Gasteiger charge is -2.46. The lowest BCUT2D eigenvalue weighted by molar-refractivity contribution is -0.359. The number of rotatable bonds is 47. The third-order valence-corrected chi connectivity index (χ3v) is 14.5. The molecule has 14 heteroatoms. The van der Waals surface area contributed by atoms with Crippen LogP contribution >= 0.6 is 0 Å². The highest BCUT2D eigenvalue weighted by molar-refractivity contribution is 5.76. The lowest BCUT2D eigenvalue weighted by atomic mass is 9.97. The van der Waals surface area contributed by atoms with Crippen LogP contribution in [0.1, 0.15) is 232 Å². The van der Waals surface area contributed by atoms with Gasteiger partial charge in [0.1, 0.15) is 48.8 Å². The smallest absolute Gasteiger partial charge is 0.220 e. The second-order valence-electron chi connectivity index (χ2n) is 21.1. The van der Waals surface area contributed by atoms with Crippen molar-refractivity contribution >= 4 is 5.91 Å². The molecule has 2 saturated heterocycles. The van der Waals surface area contributed by atoms with Crippen LogP contribution in [0.15, 0.2) is 48.6 Å². The van der Waals surface area contributed by atoms with E-state index in [1.807, 2.05) is 6.08 Å². The van der Waals surface area contributed by atoms with Crippen LogP contribution in [0.2, 0.25) is 0 Å². The predicted molar refractivity (Wildman–Crippen MR) is 295 cm³/mol. The zero-order chi connectivity index (χ0) is 53.9. The van der Waals surface area contributed by atoms with E-state index in [-0.39, 0.29) is 18.9 Å². The van der Waals surface area contributed by atoms with Crippen molar-refractivity contribution < 1.29 is 64.6 Å². The quantitative estimate of drug-likeness (QED) is 0.0205. The van der Waals surface area contributed by atoms with Crippen molar-refractivity contribution in [2.24, 2.45) is 0 Å². The van der Waals surface area contributed by atoms with Gasteiger partial charge in [-0.2, -0.15) is 0 Å². The molecule has 14 nitrogen and oxygen atoms in total. The van der Waals surface area contributed by atoms with Crippen LogP contribution < -0.4 is 5.32 Å². The summed E-state index contributed by atoms with van der Waals surface area (Å²) in [4.78, 5) is 13.2. The number of amides is 1. The van der Waals surface area contributed by atoms with Crippen LogP contribution in [-0.4, -0.2) is 140 Å². The Morgan fingerprint density at radius 2 is 0.905 bits per heavy atom. The Morgan fingerprint density at radius 3 is 1.43 bits per heavy atom. The second-order valence-corrected chi connectivity index (χ2v) is 21.1. The number of aliphatic hydroxyl groups excluding tert-OH is 8. The first-order chi connectivity index (χ1) is 36.1. The number of carbonyl (C=O) groups is 1. The third kappa shape index (κ3) is 31.4. The first-order valence-electron chi connectivity index (χ1n) is 29.9. The van der Waals surface area contributed by atoms with E-state index in [2.05, 4.69) is 55.6 Å². The molecule has 0 bridgehead atoms. The van der Waals surface area contributed by atoms with E-state index >= 15 is 0 Å². The van der Waals surface area contributed by atoms with E-state index in [1.54, 1.807) is 6.08 Å². The van der Waals surface area contributed by atoms with Gasteiger partial charge >= 0.3 is 0 Å². The maximum absolute atomic E-state index is 13.2. The number of aliphatic hydroxyl groups is 8. The normalized spacial score (nSPS) is 25.5. The van der Waals surface area contributed by atoms with Crippen molar-refractivity contribution in [1.82, 2.24) is 5.32 Å². The van der Waals surface area contributed by atoms with Crippen molar-refractivity contribution in [2.45, 2.75) is 306 Å². The Kier molecular flexibility index (Phi) is 42.2. The van der Waals surface area contributed by atoms with E-state index in [4.69, 9.17) is 18.9 Å². The summed E-state index contributed by atoms with van der Waals surface area (Å²) >= 11 is 0. The van der Waals surface area contributed by atoms with Gasteiger partial charge in [0, 0.05) is 6.42 Å². The summed E-state index contributed by atoms with van der Waals surface area (Å²) in [6.07, 6.45) is 40.6. The Morgan fingerprint density at radius 1 is 0.486 bits per heavy atom. The molecule has 0 spiro atoms. The summed E-state index contributed by atoms with van der Waals surface area (Å²) < 4.78 is 22.7. The van der Waals surface area contributed by atoms with Gasteiger partial charge in [-0.25, -0.2) is 0 Å². The molecule has 0 aromatic heterocycles. The molecule has 0 saturated carbocycles. The predicted octanol–water partition coefficient (Wildman–Crippen LogP) is 10.0. The van der Waals surface area contributed by atoms with E-state index in [1.165, 1.54) is 154 Å². The Hall–Kier alpha value is -2.05. The van der Waals surface area contributed by atoms with E-state index in [0.29, 0.717) is 12.8 Å². The molecule has 2 fully saturated rings. The topological polar surface area (TPSA) is 228 Å². The van der Waals surface area contributed by atoms with Gasteiger partial charge in [-0.05, 0) is 64.2 Å². The first-order valence-corrected chi connectivity index (χ1v) is 29.9. The number of hydrogen-bond donors (Lipinski definition) is 9. The molecule has 2 rings (SSSR count). The fraction of sp³-hybridized carbons (Fsp3) is 0.850. The number of ether oxygens (including phenoxy) is 4. The van der Waals surface area contributed by atoms with Gasteiger partial charge in [-0.3, -0.25) is 4.79 Å².